The van der Waals surface area contributed by atoms with E-state index in [4.69, 9.17) is 11.6 Å². The van der Waals surface area contributed by atoms with E-state index in [0.29, 0.717) is 0 Å². The number of alkyl halides is 1. The lowest BCUT2D eigenvalue weighted by atomic mass is 10.5. The zero-order valence-electron chi connectivity index (χ0n) is 8.00. The molecule has 0 aromatic heterocycles. The molecule has 0 aromatic carbocycles. The zero-order valence-corrected chi connectivity index (χ0v) is 8.76. The largest absolute Gasteiger partial charge is 0.393 e. The number of hydrogen-bond acceptors (Lipinski definition) is 2. The molecule has 1 unspecified atom stereocenters. The van der Waals surface area contributed by atoms with Gasteiger partial charge in [-0.25, -0.2) is 4.99 Å². The number of hydrogen-bond donors (Lipinski definition) is 1. The van der Waals surface area contributed by atoms with Crippen LogP contribution in [0.4, 0.5) is 0 Å². The quantitative estimate of drug-likeness (QED) is 0.315. The van der Waals surface area contributed by atoms with Gasteiger partial charge in [-0.05, 0) is 13.8 Å². The van der Waals surface area contributed by atoms with Crippen LogP contribution in [0.5, 0.6) is 0 Å². The number of halogens is 1. The SMILES string of the molecule is CN/C=C(\C)N=CN(C)C(C)Cl. The molecule has 1 atom stereocenters. The van der Waals surface area contributed by atoms with Gasteiger partial charge in [0.1, 0.15) is 5.50 Å². The van der Waals surface area contributed by atoms with Gasteiger partial charge in [0, 0.05) is 20.3 Å². The lowest BCUT2D eigenvalue weighted by molar-refractivity contribution is 0.505. The van der Waals surface area contributed by atoms with Gasteiger partial charge in [-0.1, -0.05) is 11.6 Å². The number of allylic oxidation sites excluding steroid dienone is 1. The van der Waals surface area contributed by atoms with Gasteiger partial charge in [0.05, 0.1) is 12.0 Å². The molecule has 1 N–H and O–H groups in total. The summed E-state index contributed by atoms with van der Waals surface area (Å²) >= 11 is 5.79. The van der Waals surface area contributed by atoms with E-state index in [-0.39, 0.29) is 5.50 Å². The first kappa shape index (κ1) is 11.3. The fraction of sp³-hybridized carbons (Fsp3) is 0.625. The Kier molecular flexibility index (Phi) is 5.54. The van der Waals surface area contributed by atoms with Crippen LogP contribution in [0.25, 0.3) is 0 Å². The molecule has 4 heteroatoms. The number of aliphatic imine (C=N–C) groups is 1. The summed E-state index contributed by atoms with van der Waals surface area (Å²) < 4.78 is 0. The molecule has 0 bridgehead atoms. The van der Waals surface area contributed by atoms with Gasteiger partial charge in [-0.3, -0.25) is 0 Å². The average Bonchev–Trinajstić information content (AvgIpc) is 2.00. The van der Waals surface area contributed by atoms with Crippen LogP contribution >= 0.6 is 11.6 Å². The summed E-state index contributed by atoms with van der Waals surface area (Å²) in [6.45, 7) is 3.81. The lowest BCUT2D eigenvalue weighted by Gasteiger charge is -2.14. The molecule has 0 saturated heterocycles. The minimum Gasteiger partial charge on any atom is -0.393 e. The Labute approximate surface area is 79.1 Å². The summed E-state index contributed by atoms with van der Waals surface area (Å²) in [5.41, 5.74) is 0.887. The molecule has 0 aliphatic rings. The van der Waals surface area contributed by atoms with Crippen molar-refractivity contribution in [2.45, 2.75) is 19.3 Å². The molecule has 0 aliphatic carbocycles. The van der Waals surface area contributed by atoms with E-state index in [1.54, 1.807) is 6.34 Å². The Morgan fingerprint density at radius 2 is 2.25 bits per heavy atom. The van der Waals surface area contributed by atoms with Gasteiger partial charge in [0.2, 0.25) is 0 Å². The maximum atomic E-state index is 5.79. The minimum atomic E-state index is -0.0314. The molecule has 0 aromatic rings. The van der Waals surface area contributed by atoms with Crippen molar-refractivity contribution in [1.82, 2.24) is 10.2 Å². The predicted octanol–water partition coefficient (Wildman–Crippen LogP) is 1.61. The fourth-order valence-corrected chi connectivity index (χ4v) is 0.571. The molecule has 12 heavy (non-hydrogen) atoms. The molecule has 3 nitrogen and oxygen atoms in total. The van der Waals surface area contributed by atoms with Crippen LogP contribution in [0.15, 0.2) is 16.9 Å². The van der Waals surface area contributed by atoms with Gasteiger partial charge < -0.3 is 10.2 Å². The summed E-state index contributed by atoms with van der Waals surface area (Å²) in [7, 11) is 3.72. The molecule has 0 aliphatic heterocycles. The third-order valence-corrected chi connectivity index (χ3v) is 1.67. The summed E-state index contributed by atoms with van der Waals surface area (Å²) in [5.74, 6) is 0. The standard InChI is InChI=1S/C8H16ClN3/c1-7(5-10-3)11-6-12(4)8(2)9/h5-6,8,10H,1-4H3/b7-5+,11-6?. The Bertz CT molecular complexity index is 175. The van der Waals surface area contributed by atoms with Crippen molar-refractivity contribution in [1.29, 1.82) is 0 Å². The molecule has 0 rings (SSSR count). The van der Waals surface area contributed by atoms with Gasteiger partial charge >= 0.3 is 0 Å². The number of nitrogens with zero attached hydrogens (tertiary/aromatic N) is 2. The Balaban J connectivity index is 3.97. The van der Waals surface area contributed by atoms with Crippen LogP contribution in [-0.2, 0) is 0 Å². The maximum Gasteiger partial charge on any atom is 0.101 e. The van der Waals surface area contributed by atoms with E-state index >= 15 is 0 Å². The summed E-state index contributed by atoms with van der Waals surface area (Å²) in [6, 6.07) is 0. The molecule has 0 spiro atoms. The van der Waals surface area contributed by atoms with E-state index in [2.05, 4.69) is 10.3 Å². The summed E-state index contributed by atoms with van der Waals surface area (Å²) in [5, 5.41) is 2.89. The van der Waals surface area contributed by atoms with Crippen LogP contribution in [0, 0.1) is 0 Å². The molecule has 0 fully saturated rings. The van der Waals surface area contributed by atoms with Gasteiger partial charge in [0.15, 0.2) is 0 Å². The number of rotatable bonds is 4. The second kappa shape index (κ2) is 5.89. The molecule has 0 heterocycles. The summed E-state index contributed by atoms with van der Waals surface area (Å²) in [6.07, 6.45) is 3.53. The second-order valence-electron chi connectivity index (χ2n) is 2.56. The minimum absolute atomic E-state index is 0.0314. The third kappa shape index (κ3) is 5.02. The summed E-state index contributed by atoms with van der Waals surface area (Å²) in [4.78, 5) is 5.98. The normalized spacial score (nSPS) is 14.9. The Hall–Kier alpha value is -0.700. The van der Waals surface area contributed by atoms with Crippen molar-refractivity contribution in [3.63, 3.8) is 0 Å². The van der Waals surface area contributed by atoms with Crippen LogP contribution in [0.3, 0.4) is 0 Å². The fourth-order valence-electron chi connectivity index (χ4n) is 0.520. The van der Waals surface area contributed by atoms with Crippen LogP contribution in [-0.4, -0.2) is 30.8 Å². The van der Waals surface area contributed by atoms with Gasteiger partial charge in [0.25, 0.3) is 0 Å². The molecule has 70 valence electrons. The predicted molar refractivity (Wildman–Crippen MR) is 54.4 cm³/mol. The van der Waals surface area contributed by atoms with E-state index in [0.717, 1.165) is 5.70 Å². The monoisotopic (exact) mass is 189 g/mol. The first-order chi connectivity index (χ1) is 5.57. The van der Waals surface area contributed by atoms with Crippen molar-refractivity contribution in [2.75, 3.05) is 14.1 Å². The van der Waals surface area contributed by atoms with Crippen molar-refractivity contribution in [3.8, 4) is 0 Å². The first-order valence-corrected chi connectivity index (χ1v) is 4.25. The van der Waals surface area contributed by atoms with E-state index in [9.17, 15) is 0 Å². The van der Waals surface area contributed by atoms with Crippen molar-refractivity contribution < 1.29 is 0 Å². The third-order valence-electron chi connectivity index (χ3n) is 1.36. The van der Waals surface area contributed by atoms with Crippen molar-refractivity contribution in [2.24, 2.45) is 4.99 Å². The second-order valence-corrected chi connectivity index (χ2v) is 3.19. The molecule has 0 radical (unpaired) electrons. The highest BCUT2D eigenvalue weighted by atomic mass is 35.5. The van der Waals surface area contributed by atoms with E-state index < -0.39 is 0 Å². The average molecular weight is 190 g/mol. The highest BCUT2D eigenvalue weighted by Crippen LogP contribution is 1.98. The van der Waals surface area contributed by atoms with Crippen LogP contribution < -0.4 is 5.32 Å². The maximum absolute atomic E-state index is 5.79. The van der Waals surface area contributed by atoms with Crippen molar-refractivity contribution >= 4 is 17.9 Å². The van der Waals surface area contributed by atoms with Gasteiger partial charge in [-0.2, -0.15) is 0 Å². The molecule has 0 amide bonds. The van der Waals surface area contributed by atoms with Crippen LogP contribution in [0.1, 0.15) is 13.8 Å². The topological polar surface area (TPSA) is 27.6 Å². The van der Waals surface area contributed by atoms with E-state index in [1.807, 2.05) is 39.0 Å². The zero-order chi connectivity index (χ0) is 9.56. The van der Waals surface area contributed by atoms with Crippen molar-refractivity contribution in [3.05, 3.63) is 11.9 Å². The highest BCUT2D eigenvalue weighted by molar-refractivity contribution is 6.20. The number of nitrogens with one attached hydrogen (secondary N) is 1. The Morgan fingerprint density at radius 3 is 2.67 bits per heavy atom. The highest BCUT2D eigenvalue weighted by Gasteiger charge is 1.97. The smallest absolute Gasteiger partial charge is 0.101 e. The first-order valence-electron chi connectivity index (χ1n) is 3.82. The Morgan fingerprint density at radius 1 is 1.67 bits per heavy atom. The lowest BCUT2D eigenvalue weighted by Crippen LogP contribution is -2.22. The van der Waals surface area contributed by atoms with Crippen LogP contribution in [0.2, 0.25) is 0 Å². The van der Waals surface area contributed by atoms with Gasteiger partial charge in [-0.15, -0.1) is 0 Å². The van der Waals surface area contributed by atoms with E-state index in [1.165, 1.54) is 0 Å². The molecular weight excluding hydrogens is 174 g/mol. The molecular formula is C8H16ClN3. The molecule has 0 saturated carbocycles.